The van der Waals surface area contributed by atoms with Crippen LogP contribution in [0.4, 0.5) is 0 Å². The Kier molecular flexibility index (Phi) is 11.0. The van der Waals surface area contributed by atoms with E-state index in [1.165, 1.54) is 89.2 Å². The van der Waals surface area contributed by atoms with Crippen molar-refractivity contribution in [3.8, 4) is 0 Å². The van der Waals surface area contributed by atoms with Crippen LogP contribution >= 0.6 is 0 Å². The predicted octanol–water partition coefficient (Wildman–Crippen LogP) is 7.99. The van der Waals surface area contributed by atoms with Crippen molar-refractivity contribution in [1.29, 1.82) is 0 Å². The Hall–Kier alpha value is -2.07. The molecule has 2 atom stereocenters. The topological polar surface area (TPSA) is 50.4 Å². The van der Waals surface area contributed by atoms with Gasteiger partial charge in [-0.1, -0.05) is 94.2 Å². The van der Waals surface area contributed by atoms with Crippen LogP contribution in [0.2, 0.25) is 0 Å². The number of esters is 1. The Morgan fingerprint density at radius 1 is 0.795 bits per heavy atom. The smallest absolute Gasteiger partial charge is 0.309 e. The minimum Gasteiger partial charge on any atom is -0.461 e. The predicted molar refractivity (Wildman–Crippen MR) is 160 cm³/mol. The van der Waals surface area contributed by atoms with Crippen LogP contribution < -0.4 is 10.6 Å². The zero-order chi connectivity index (χ0) is 26.7. The molecule has 3 fully saturated rings. The van der Waals surface area contributed by atoms with E-state index < -0.39 is 0 Å². The number of allylic oxidation sites excluding steroid dienone is 2. The number of benzene rings is 1. The molecule has 0 spiro atoms. The summed E-state index contributed by atoms with van der Waals surface area (Å²) in [6.45, 7) is 1.52. The Bertz CT molecular complexity index is 937. The van der Waals surface area contributed by atoms with Crippen LogP contribution in [0.3, 0.4) is 0 Å². The van der Waals surface area contributed by atoms with Gasteiger partial charge in [-0.05, 0) is 81.0 Å². The summed E-state index contributed by atoms with van der Waals surface area (Å²) in [5, 5.41) is 8.05. The van der Waals surface area contributed by atoms with Crippen molar-refractivity contribution < 1.29 is 9.53 Å². The van der Waals surface area contributed by atoms with Gasteiger partial charge in [0.15, 0.2) is 0 Å². The highest BCUT2D eigenvalue weighted by molar-refractivity contribution is 5.72. The summed E-state index contributed by atoms with van der Waals surface area (Å²) in [6.07, 6.45) is 26.9. The van der Waals surface area contributed by atoms with Crippen LogP contribution in [0.1, 0.15) is 115 Å². The lowest BCUT2D eigenvalue weighted by Gasteiger charge is -2.37. The van der Waals surface area contributed by atoms with Gasteiger partial charge in [0, 0.05) is 23.7 Å². The SMILES string of the molecule is O=C(OCc1ccccc1)C1CCC(NC2=CC(C3CCCCCCCC3)=CC3NCCCCCCC23)CC1. The highest BCUT2D eigenvalue weighted by Gasteiger charge is 2.33. The molecule has 1 aromatic carbocycles. The third-order valence-corrected chi connectivity index (χ3v) is 9.83. The lowest BCUT2D eigenvalue weighted by atomic mass is 9.78. The average Bonchev–Trinajstić information content (AvgIpc) is 3.19. The highest BCUT2D eigenvalue weighted by Crippen LogP contribution is 2.37. The van der Waals surface area contributed by atoms with Crippen molar-refractivity contribution in [2.45, 2.75) is 128 Å². The molecule has 0 radical (unpaired) electrons. The van der Waals surface area contributed by atoms with Gasteiger partial charge in [-0.2, -0.15) is 0 Å². The fourth-order valence-corrected chi connectivity index (χ4v) is 7.42. The molecule has 39 heavy (non-hydrogen) atoms. The van der Waals surface area contributed by atoms with Gasteiger partial charge >= 0.3 is 5.97 Å². The summed E-state index contributed by atoms with van der Waals surface area (Å²) >= 11 is 0. The van der Waals surface area contributed by atoms with Crippen molar-refractivity contribution in [3.05, 3.63) is 59.3 Å². The first-order valence-corrected chi connectivity index (χ1v) is 16.4. The molecule has 4 heteroatoms. The second-order valence-electron chi connectivity index (χ2n) is 12.7. The first kappa shape index (κ1) is 28.5. The summed E-state index contributed by atoms with van der Waals surface area (Å²) in [4.78, 5) is 12.8. The fraction of sp³-hybridized carbons (Fsp3) is 0.686. The Balaban J connectivity index is 1.22. The first-order valence-electron chi connectivity index (χ1n) is 16.4. The van der Waals surface area contributed by atoms with E-state index >= 15 is 0 Å². The highest BCUT2D eigenvalue weighted by atomic mass is 16.5. The van der Waals surface area contributed by atoms with Crippen LogP contribution in [-0.4, -0.2) is 24.6 Å². The molecule has 4 nitrogen and oxygen atoms in total. The van der Waals surface area contributed by atoms with Gasteiger partial charge < -0.3 is 15.4 Å². The van der Waals surface area contributed by atoms with Crippen LogP contribution in [0.15, 0.2) is 53.8 Å². The van der Waals surface area contributed by atoms with Crippen molar-refractivity contribution in [1.82, 2.24) is 10.6 Å². The van der Waals surface area contributed by atoms with E-state index in [2.05, 4.69) is 22.8 Å². The third kappa shape index (κ3) is 8.46. The lowest BCUT2D eigenvalue weighted by Crippen LogP contribution is -2.44. The molecule has 0 amide bonds. The summed E-state index contributed by atoms with van der Waals surface area (Å²) < 4.78 is 5.68. The van der Waals surface area contributed by atoms with Crippen LogP contribution in [0.25, 0.3) is 0 Å². The number of hydrogen-bond acceptors (Lipinski definition) is 4. The molecule has 214 valence electrons. The number of fused-ring (bicyclic) bond motifs is 1. The van der Waals surface area contributed by atoms with Crippen LogP contribution in [0, 0.1) is 17.8 Å². The van der Waals surface area contributed by atoms with Gasteiger partial charge in [-0.15, -0.1) is 0 Å². The van der Waals surface area contributed by atoms with Crippen LogP contribution in [-0.2, 0) is 16.1 Å². The summed E-state index contributed by atoms with van der Waals surface area (Å²) in [7, 11) is 0. The lowest BCUT2D eigenvalue weighted by molar-refractivity contribution is -0.151. The Labute approximate surface area is 237 Å². The largest absolute Gasteiger partial charge is 0.461 e. The molecule has 0 aromatic heterocycles. The molecule has 1 heterocycles. The molecule has 2 unspecified atom stereocenters. The maximum absolute atomic E-state index is 12.8. The van der Waals surface area contributed by atoms with Crippen molar-refractivity contribution in [2.24, 2.45) is 17.8 Å². The molecule has 1 saturated heterocycles. The van der Waals surface area contributed by atoms with Crippen molar-refractivity contribution in [3.63, 3.8) is 0 Å². The molecule has 1 aliphatic heterocycles. The van der Waals surface area contributed by atoms with E-state index in [-0.39, 0.29) is 11.9 Å². The van der Waals surface area contributed by atoms with Gasteiger partial charge in [0.25, 0.3) is 0 Å². The van der Waals surface area contributed by atoms with Gasteiger partial charge in [0.1, 0.15) is 6.61 Å². The van der Waals surface area contributed by atoms with E-state index in [1.54, 1.807) is 5.57 Å². The van der Waals surface area contributed by atoms with E-state index in [4.69, 9.17) is 4.74 Å². The molecule has 1 aromatic rings. The molecular weight excluding hydrogens is 480 g/mol. The monoisotopic (exact) mass is 532 g/mol. The number of ether oxygens (including phenoxy) is 1. The molecule has 0 bridgehead atoms. The quantitative estimate of drug-likeness (QED) is 0.365. The maximum Gasteiger partial charge on any atom is 0.309 e. The first-order chi connectivity index (χ1) is 19.3. The maximum atomic E-state index is 12.8. The fourth-order valence-electron chi connectivity index (χ4n) is 7.42. The summed E-state index contributed by atoms with van der Waals surface area (Å²) in [6, 6.07) is 11.0. The summed E-state index contributed by atoms with van der Waals surface area (Å²) in [5.41, 5.74) is 4.15. The second kappa shape index (κ2) is 15.1. The van der Waals surface area contributed by atoms with E-state index in [9.17, 15) is 4.79 Å². The van der Waals surface area contributed by atoms with E-state index in [1.807, 2.05) is 30.3 Å². The zero-order valence-corrected chi connectivity index (χ0v) is 24.2. The second-order valence-corrected chi connectivity index (χ2v) is 12.7. The molecule has 4 aliphatic rings. The van der Waals surface area contributed by atoms with Gasteiger partial charge in [0.05, 0.1) is 5.92 Å². The Morgan fingerprint density at radius 2 is 1.46 bits per heavy atom. The number of rotatable bonds is 6. The standard InChI is InChI=1S/C35H52N2O2/c38-35(39-26-27-14-8-7-9-15-27)29-19-21-31(22-20-29)37-34-25-30(28-16-10-3-1-2-4-11-17-28)24-33-32(34)18-12-5-6-13-23-36-33/h7-9,14-15,24-25,28-29,31-33,36-37H,1-6,10-13,16-23,26H2. The molecular formula is C35H52N2O2. The van der Waals surface area contributed by atoms with Gasteiger partial charge in [-0.3, -0.25) is 4.79 Å². The van der Waals surface area contributed by atoms with Crippen LogP contribution in [0.5, 0.6) is 0 Å². The Morgan fingerprint density at radius 3 is 2.21 bits per heavy atom. The minimum absolute atomic E-state index is 0.0138. The molecule has 2 saturated carbocycles. The number of carbonyl (C=O) groups is 1. The zero-order valence-electron chi connectivity index (χ0n) is 24.2. The van der Waals surface area contributed by atoms with Gasteiger partial charge in [-0.25, -0.2) is 0 Å². The minimum atomic E-state index is -0.0138. The van der Waals surface area contributed by atoms with Gasteiger partial charge in [0.2, 0.25) is 0 Å². The van der Waals surface area contributed by atoms with Crippen molar-refractivity contribution in [2.75, 3.05) is 6.54 Å². The number of nitrogens with one attached hydrogen (secondary N) is 2. The van der Waals surface area contributed by atoms with Crippen molar-refractivity contribution >= 4 is 5.97 Å². The number of carbonyl (C=O) groups excluding carboxylic acids is 1. The number of hydrogen-bond donors (Lipinski definition) is 2. The molecule has 3 aliphatic carbocycles. The third-order valence-electron chi connectivity index (χ3n) is 9.83. The van der Waals surface area contributed by atoms with E-state index in [0.29, 0.717) is 30.5 Å². The summed E-state index contributed by atoms with van der Waals surface area (Å²) in [5.74, 6) is 1.29. The molecule has 5 rings (SSSR count). The normalized spacial score (nSPS) is 29.5. The van der Waals surface area contributed by atoms with E-state index in [0.717, 1.165) is 37.8 Å². The average molecular weight is 533 g/mol. The molecule has 2 N–H and O–H groups in total.